The fourth-order valence-electron chi connectivity index (χ4n) is 2.69. The minimum absolute atomic E-state index is 0.130. The van der Waals surface area contributed by atoms with Crippen molar-refractivity contribution in [2.75, 3.05) is 5.32 Å². The van der Waals surface area contributed by atoms with Gasteiger partial charge >= 0.3 is 0 Å². The maximum Gasteiger partial charge on any atom is 0.240 e. The molecule has 2 aromatic rings. The Morgan fingerprint density at radius 2 is 1.70 bits per heavy atom. The molecule has 1 aromatic heterocycles. The van der Waals surface area contributed by atoms with Gasteiger partial charge in [-0.1, -0.05) is 11.8 Å². The SMILES string of the molecule is Cc1nc(SC(C)C(=O)Nc2ccc(S(=O)(=O)NC(C)C)cc2)c(C#N)c(C)c1C. The van der Waals surface area contributed by atoms with Crippen LogP contribution >= 0.6 is 11.8 Å². The predicted molar refractivity (Wildman–Crippen MR) is 119 cm³/mol. The molecule has 0 aliphatic heterocycles. The molecule has 1 aromatic carbocycles. The van der Waals surface area contributed by atoms with E-state index in [1.165, 1.54) is 23.9 Å². The van der Waals surface area contributed by atoms with Crippen LogP contribution in [-0.4, -0.2) is 30.6 Å². The van der Waals surface area contributed by atoms with Gasteiger partial charge in [-0.15, -0.1) is 0 Å². The average Bonchev–Trinajstić information content (AvgIpc) is 2.66. The van der Waals surface area contributed by atoms with Crippen molar-refractivity contribution in [2.24, 2.45) is 0 Å². The number of anilines is 1. The van der Waals surface area contributed by atoms with Gasteiger partial charge in [-0.3, -0.25) is 4.79 Å². The van der Waals surface area contributed by atoms with Crippen LogP contribution in [0.2, 0.25) is 0 Å². The molecule has 1 heterocycles. The molecule has 1 amide bonds. The van der Waals surface area contributed by atoms with Crippen molar-refractivity contribution in [1.29, 1.82) is 5.26 Å². The summed E-state index contributed by atoms with van der Waals surface area (Å²) in [7, 11) is -3.59. The Hall–Kier alpha value is -2.41. The molecular weight excluding hydrogens is 420 g/mol. The van der Waals surface area contributed by atoms with Crippen LogP contribution in [0, 0.1) is 32.1 Å². The summed E-state index contributed by atoms with van der Waals surface area (Å²) in [6.07, 6.45) is 0. The van der Waals surface area contributed by atoms with E-state index in [-0.39, 0.29) is 16.8 Å². The molecule has 0 fully saturated rings. The molecule has 9 heteroatoms. The summed E-state index contributed by atoms with van der Waals surface area (Å²) in [4.78, 5) is 17.2. The van der Waals surface area contributed by atoms with Crippen LogP contribution in [0.25, 0.3) is 0 Å². The number of hydrogen-bond donors (Lipinski definition) is 2. The first-order valence-corrected chi connectivity index (χ1v) is 11.8. The Morgan fingerprint density at radius 1 is 1.10 bits per heavy atom. The zero-order valence-electron chi connectivity index (χ0n) is 17.9. The smallest absolute Gasteiger partial charge is 0.240 e. The summed E-state index contributed by atoms with van der Waals surface area (Å²) in [5.41, 5.74) is 3.63. The zero-order chi connectivity index (χ0) is 22.6. The monoisotopic (exact) mass is 446 g/mol. The second-order valence-corrected chi connectivity index (χ2v) is 10.3. The number of aryl methyl sites for hydroxylation is 1. The first-order valence-electron chi connectivity index (χ1n) is 9.44. The van der Waals surface area contributed by atoms with Crippen LogP contribution < -0.4 is 10.0 Å². The van der Waals surface area contributed by atoms with Gasteiger partial charge in [-0.05, 0) is 76.9 Å². The molecule has 0 saturated carbocycles. The van der Waals surface area contributed by atoms with E-state index in [0.717, 1.165) is 16.8 Å². The number of sulfonamides is 1. The largest absolute Gasteiger partial charge is 0.325 e. The third-order valence-electron chi connectivity index (χ3n) is 4.56. The van der Waals surface area contributed by atoms with E-state index in [1.807, 2.05) is 20.8 Å². The molecule has 1 unspecified atom stereocenters. The van der Waals surface area contributed by atoms with Gasteiger partial charge in [0.05, 0.1) is 15.7 Å². The average molecular weight is 447 g/mol. The fraction of sp³-hybridized carbons (Fsp3) is 0.381. The summed E-state index contributed by atoms with van der Waals surface area (Å²) < 4.78 is 26.9. The highest BCUT2D eigenvalue weighted by Gasteiger charge is 2.21. The number of nitrogens with one attached hydrogen (secondary N) is 2. The summed E-state index contributed by atoms with van der Waals surface area (Å²) in [5, 5.41) is 12.3. The molecule has 0 radical (unpaired) electrons. The Balaban J connectivity index is 2.13. The normalized spacial score (nSPS) is 12.5. The maximum atomic E-state index is 12.6. The highest BCUT2D eigenvalue weighted by Crippen LogP contribution is 2.30. The van der Waals surface area contributed by atoms with Gasteiger partial charge in [-0.2, -0.15) is 5.26 Å². The Labute approximate surface area is 182 Å². The van der Waals surface area contributed by atoms with Crippen LogP contribution in [0.1, 0.15) is 43.2 Å². The Kier molecular flexibility index (Phi) is 7.64. The first kappa shape index (κ1) is 23.9. The van der Waals surface area contributed by atoms with Crippen molar-refractivity contribution in [1.82, 2.24) is 9.71 Å². The van der Waals surface area contributed by atoms with Crippen molar-refractivity contribution in [2.45, 2.75) is 62.8 Å². The number of benzene rings is 1. The van der Waals surface area contributed by atoms with Crippen molar-refractivity contribution in [3.05, 3.63) is 46.6 Å². The minimum Gasteiger partial charge on any atom is -0.325 e. The van der Waals surface area contributed by atoms with E-state index in [1.54, 1.807) is 32.9 Å². The Morgan fingerprint density at radius 3 is 2.23 bits per heavy atom. The van der Waals surface area contributed by atoms with Crippen molar-refractivity contribution in [3.8, 4) is 6.07 Å². The molecule has 0 bridgehead atoms. The number of nitriles is 1. The lowest BCUT2D eigenvalue weighted by molar-refractivity contribution is -0.115. The number of pyridine rings is 1. The van der Waals surface area contributed by atoms with Gasteiger partial charge in [0.25, 0.3) is 0 Å². The molecule has 7 nitrogen and oxygen atoms in total. The Bertz CT molecular complexity index is 1090. The maximum absolute atomic E-state index is 12.6. The molecule has 2 rings (SSSR count). The van der Waals surface area contributed by atoms with E-state index < -0.39 is 15.3 Å². The van der Waals surface area contributed by atoms with Gasteiger partial charge in [0.2, 0.25) is 15.9 Å². The second-order valence-electron chi connectivity index (χ2n) is 7.29. The number of aromatic nitrogens is 1. The molecule has 30 heavy (non-hydrogen) atoms. The molecule has 0 saturated heterocycles. The molecule has 1 atom stereocenters. The topological polar surface area (TPSA) is 112 Å². The molecule has 0 spiro atoms. The summed E-state index contributed by atoms with van der Waals surface area (Å²) >= 11 is 1.22. The van der Waals surface area contributed by atoms with Gasteiger partial charge in [0, 0.05) is 17.4 Å². The number of carbonyl (C=O) groups is 1. The number of carbonyl (C=O) groups excluding carboxylic acids is 1. The number of thioether (sulfide) groups is 1. The van der Waals surface area contributed by atoms with Gasteiger partial charge in [-0.25, -0.2) is 18.1 Å². The number of nitrogens with zero attached hydrogens (tertiary/aromatic N) is 2. The highest BCUT2D eigenvalue weighted by atomic mass is 32.2. The van der Waals surface area contributed by atoms with Crippen LogP contribution in [-0.2, 0) is 14.8 Å². The van der Waals surface area contributed by atoms with Crippen molar-refractivity contribution in [3.63, 3.8) is 0 Å². The quantitative estimate of drug-likeness (QED) is 0.628. The van der Waals surface area contributed by atoms with E-state index in [2.05, 4.69) is 21.1 Å². The zero-order valence-corrected chi connectivity index (χ0v) is 19.5. The van der Waals surface area contributed by atoms with Crippen LogP contribution in [0.3, 0.4) is 0 Å². The minimum atomic E-state index is -3.59. The molecule has 160 valence electrons. The van der Waals surface area contributed by atoms with E-state index in [0.29, 0.717) is 16.3 Å². The predicted octanol–water partition coefficient (Wildman–Crippen LogP) is 3.68. The molecular formula is C21H26N4O3S2. The van der Waals surface area contributed by atoms with E-state index >= 15 is 0 Å². The number of hydrogen-bond acceptors (Lipinski definition) is 6. The van der Waals surface area contributed by atoms with E-state index in [9.17, 15) is 18.5 Å². The second kappa shape index (κ2) is 9.60. The van der Waals surface area contributed by atoms with Crippen molar-refractivity contribution >= 4 is 33.4 Å². The standard InChI is InChI=1S/C21H26N4O3S2/c1-12(2)25-30(27,28)18-9-7-17(8-10-18)24-20(26)16(6)29-21-19(11-22)14(4)13(3)15(5)23-21/h7-10,12,16,25H,1-6H3,(H,24,26). The van der Waals surface area contributed by atoms with Crippen LogP contribution in [0.5, 0.6) is 0 Å². The lowest BCUT2D eigenvalue weighted by atomic mass is 10.1. The number of rotatable bonds is 7. The molecule has 0 aliphatic carbocycles. The highest BCUT2D eigenvalue weighted by molar-refractivity contribution is 8.00. The summed E-state index contributed by atoms with van der Waals surface area (Å²) in [6, 6.07) is 7.95. The lowest BCUT2D eigenvalue weighted by Gasteiger charge is -2.15. The van der Waals surface area contributed by atoms with Crippen LogP contribution in [0.15, 0.2) is 34.2 Å². The molecule has 0 aliphatic rings. The van der Waals surface area contributed by atoms with Crippen molar-refractivity contribution < 1.29 is 13.2 Å². The van der Waals surface area contributed by atoms with Gasteiger partial charge in [0.1, 0.15) is 11.1 Å². The third kappa shape index (κ3) is 5.59. The first-order chi connectivity index (χ1) is 14.0. The third-order valence-corrected chi connectivity index (χ3v) is 7.32. The summed E-state index contributed by atoms with van der Waals surface area (Å²) in [6.45, 7) is 10.9. The van der Waals surface area contributed by atoms with Gasteiger partial charge < -0.3 is 5.32 Å². The van der Waals surface area contributed by atoms with E-state index in [4.69, 9.17) is 0 Å². The van der Waals surface area contributed by atoms with Crippen LogP contribution in [0.4, 0.5) is 5.69 Å². The van der Waals surface area contributed by atoms with Gasteiger partial charge in [0.15, 0.2) is 0 Å². The number of amides is 1. The fourth-order valence-corrected chi connectivity index (χ4v) is 4.95. The summed E-state index contributed by atoms with van der Waals surface area (Å²) in [5.74, 6) is -0.266. The lowest BCUT2D eigenvalue weighted by Crippen LogP contribution is -2.30. The molecule has 2 N–H and O–H groups in total.